The fourth-order valence-electron chi connectivity index (χ4n) is 3.12. The van der Waals surface area contributed by atoms with Crippen LogP contribution in [0, 0.1) is 12.1 Å². The number of imidazole rings is 1. The SMILES string of the molecule is COc1ccc([C@](O)(Cn2c[n+]([O-])c(-c3ccccc3)c2C)C(F)(F)F)cc1. The molecule has 1 aromatic heterocycles. The minimum atomic E-state index is -4.96. The van der Waals surface area contributed by atoms with Crippen molar-refractivity contribution in [2.45, 2.75) is 25.2 Å². The van der Waals surface area contributed by atoms with Crippen molar-refractivity contribution in [2.75, 3.05) is 7.11 Å². The highest BCUT2D eigenvalue weighted by atomic mass is 19.4. The van der Waals surface area contributed by atoms with Gasteiger partial charge in [-0.2, -0.15) is 13.2 Å². The highest BCUT2D eigenvalue weighted by Crippen LogP contribution is 2.41. The van der Waals surface area contributed by atoms with Crippen LogP contribution in [0.2, 0.25) is 0 Å². The van der Waals surface area contributed by atoms with Crippen LogP contribution < -0.4 is 9.47 Å². The van der Waals surface area contributed by atoms with E-state index in [4.69, 9.17) is 4.74 Å². The molecule has 28 heavy (non-hydrogen) atoms. The number of rotatable bonds is 5. The number of hydrogen-bond acceptors (Lipinski definition) is 3. The molecular weight excluding hydrogens is 373 g/mol. The molecule has 148 valence electrons. The fraction of sp³-hybridized carbons (Fsp3) is 0.250. The Morgan fingerprint density at radius 2 is 1.68 bits per heavy atom. The molecule has 3 aromatic rings. The maximum atomic E-state index is 13.8. The number of ether oxygens (including phenoxy) is 1. The molecule has 0 unspecified atom stereocenters. The number of halogens is 3. The summed E-state index contributed by atoms with van der Waals surface area (Å²) in [7, 11) is 1.40. The molecule has 0 saturated carbocycles. The molecule has 3 rings (SSSR count). The van der Waals surface area contributed by atoms with Gasteiger partial charge in [0.25, 0.3) is 0 Å². The van der Waals surface area contributed by atoms with Gasteiger partial charge in [-0.05, 0) is 17.7 Å². The minimum absolute atomic E-state index is 0.236. The van der Waals surface area contributed by atoms with Crippen molar-refractivity contribution >= 4 is 0 Å². The summed E-state index contributed by atoms with van der Waals surface area (Å²) in [6, 6.07) is 13.6. The number of aliphatic hydroxyl groups is 1. The summed E-state index contributed by atoms with van der Waals surface area (Å²) in [4.78, 5) is 0. The van der Waals surface area contributed by atoms with Crippen molar-refractivity contribution in [3.05, 3.63) is 77.4 Å². The van der Waals surface area contributed by atoms with Crippen molar-refractivity contribution in [2.24, 2.45) is 0 Å². The molecule has 0 saturated heterocycles. The van der Waals surface area contributed by atoms with Crippen molar-refractivity contribution in [1.29, 1.82) is 0 Å². The second kappa shape index (κ2) is 7.20. The lowest BCUT2D eigenvalue weighted by Gasteiger charge is -2.29. The number of benzene rings is 2. The molecule has 8 heteroatoms. The van der Waals surface area contributed by atoms with Gasteiger partial charge in [0.05, 0.1) is 7.11 Å². The third kappa shape index (κ3) is 3.43. The minimum Gasteiger partial charge on any atom is -0.710 e. The Kier molecular flexibility index (Phi) is 5.08. The van der Waals surface area contributed by atoms with Crippen molar-refractivity contribution < 1.29 is 27.7 Å². The predicted octanol–water partition coefficient (Wildman–Crippen LogP) is 3.56. The second-order valence-corrected chi connectivity index (χ2v) is 6.46. The van der Waals surface area contributed by atoms with Gasteiger partial charge in [0.1, 0.15) is 18.0 Å². The van der Waals surface area contributed by atoms with Crippen LogP contribution in [-0.4, -0.2) is 23.0 Å². The van der Waals surface area contributed by atoms with Gasteiger partial charge in [-0.15, -0.1) is 0 Å². The van der Waals surface area contributed by atoms with Gasteiger partial charge in [-0.1, -0.05) is 42.5 Å². The first-order valence-corrected chi connectivity index (χ1v) is 8.45. The Morgan fingerprint density at radius 3 is 2.21 bits per heavy atom. The first-order chi connectivity index (χ1) is 13.2. The summed E-state index contributed by atoms with van der Waals surface area (Å²) in [5, 5.41) is 23.0. The maximum absolute atomic E-state index is 13.8. The standard InChI is InChI=1S/C20H19F3N2O3/c1-14-18(15-6-4-3-5-7-15)25(27)13-24(14)12-19(26,20(21,22)23)16-8-10-17(28-2)11-9-16/h3-11,13,26H,12H2,1-2H3/t19-/m1/s1. The van der Waals surface area contributed by atoms with Gasteiger partial charge in [-0.25, -0.2) is 9.30 Å². The molecule has 0 amide bonds. The summed E-state index contributed by atoms with van der Waals surface area (Å²) in [5.74, 6) is 0.370. The molecule has 0 radical (unpaired) electrons. The van der Waals surface area contributed by atoms with Gasteiger partial charge < -0.3 is 15.1 Å². The van der Waals surface area contributed by atoms with E-state index in [0.717, 1.165) is 23.0 Å². The van der Waals surface area contributed by atoms with Crippen molar-refractivity contribution in [1.82, 2.24) is 4.57 Å². The van der Waals surface area contributed by atoms with Crippen LogP contribution in [0.3, 0.4) is 0 Å². The average Bonchev–Trinajstić information content (AvgIpc) is 2.94. The molecule has 5 nitrogen and oxygen atoms in total. The molecule has 1 N–H and O–H groups in total. The van der Waals surface area contributed by atoms with E-state index in [0.29, 0.717) is 21.7 Å². The van der Waals surface area contributed by atoms with E-state index in [1.54, 1.807) is 37.3 Å². The van der Waals surface area contributed by atoms with E-state index in [2.05, 4.69) is 0 Å². The molecule has 1 atom stereocenters. The smallest absolute Gasteiger partial charge is 0.425 e. The van der Waals surface area contributed by atoms with E-state index in [1.165, 1.54) is 19.2 Å². The average molecular weight is 392 g/mol. The lowest BCUT2D eigenvalue weighted by molar-refractivity contribution is -0.593. The predicted molar refractivity (Wildman–Crippen MR) is 96.5 cm³/mol. The molecule has 0 spiro atoms. The summed E-state index contributed by atoms with van der Waals surface area (Å²) >= 11 is 0. The lowest BCUT2D eigenvalue weighted by atomic mass is 9.92. The quantitative estimate of drug-likeness (QED) is 0.534. The second-order valence-electron chi connectivity index (χ2n) is 6.46. The van der Waals surface area contributed by atoms with Crippen LogP contribution >= 0.6 is 0 Å². The Labute approximate surface area is 159 Å². The highest BCUT2D eigenvalue weighted by Gasteiger charge is 2.57. The van der Waals surface area contributed by atoms with E-state index < -0.39 is 18.3 Å². The molecule has 1 heterocycles. The van der Waals surface area contributed by atoms with Crippen LogP contribution in [0.25, 0.3) is 11.3 Å². The van der Waals surface area contributed by atoms with E-state index >= 15 is 0 Å². The van der Waals surface area contributed by atoms with Gasteiger partial charge >= 0.3 is 6.18 Å². The van der Waals surface area contributed by atoms with Crippen LogP contribution in [0.15, 0.2) is 60.9 Å². The number of aromatic nitrogens is 2. The van der Waals surface area contributed by atoms with E-state index in [-0.39, 0.29) is 11.3 Å². The Hall–Kier alpha value is -3.00. The van der Waals surface area contributed by atoms with Crippen molar-refractivity contribution in [3.8, 4) is 17.0 Å². The number of methoxy groups -OCH3 is 1. The van der Waals surface area contributed by atoms with Gasteiger partial charge in [0, 0.05) is 12.5 Å². The van der Waals surface area contributed by atoms with E-state index in [9.17, 15) is 23.5 Å². The summed E-state index contributed by atoms with van der Waals surface area (Å²) in [5.41, 5.74) is -2.39. The third-order valence-electron chi connectivity index (χ3n) is 4.72. The first-order valence-electron chi connectivity index (χ1n) is 8.45. The maximum Gasteiger partial charge on any atom is 0.425 e. The third-order valence-corrected chi connectivity index (χ3v) is 4.72. The summed E-state index contributed by atoms with van der Waals surface area (Å²) in [6.45, 7) is 0.686. The Morgan fingerprint density at radius 1 is 1.07 bits per heavy atom. The molecule has 0 bridgehead atoms. The van der Waals surface area contributed by atoms with Crippen LogP contribution in [0.5, 0.6) is 5.75 Å². The van der Waals surface area contributed by atoms with Crippen LogP contribution in [-0.2, 0) is 12.1 Å². The van der Waals surface area contributed by atoms with Crippen LogP contribution in [0.1, 0.15) is 11.3 Å². The highest BCUT2D eigenvalue weighted by molar-refractivity contribution is 5.58. The zero-order chi connectivity index (χ0) is 20.5. The number of nitrogens with zero attached hydrogens (tertiary/aromatic N) is 2. The van der Waals surface area contributed by atoms with Crippen LogP contribution in [0.4, 0.5) is 13.2 Å². The summed E-state index contributed by atoms with van der Waals surface area (Å²) < 4.78 is 48.1. The molecule has 0 aliphatic rings. The monoisotopic (exact) mass is 392 g/mol. The normalized spacial score (nSPS) is 13.9. The molecule has 2 aromatic carbocycles. The zero-order valence-electron chi connectivity index (χ0n) is 15.3. The molecule has 0 fully saturated rings. The van der Waals surface area contributed by atoms with Gasteiger partial charge in [-0.3, -0.25) is 0 Å². The Bertz CT molecular complexity index is 953. The topological polar surface area (TPSA) is 61.3 Å². The Balaban J connectivity index is 2.05. The number of alkyl halides is 3. The first kappa shape index (κ1) is 19.8. The molecule has 0 aliphatic heterocycles. The summed E-state index contributed by atoms with van der Waals surface area (Å²) in [6.07, 6.45) is -3.95. The van der Waals surface area contributed by atoms with Crippen molar-refractivity contribution in [3.63, 3.8) is 0 Å². The molecular formula is C20H19F3N2O3. The van der Waals surface area contributed by atoms with Gasteiger partial charge in [0.15, 0.2) is 5.69 Å². The largest absolute Gasteiger partial charge is 0.710 e. The molecule has 0 aliphatic carbocycles. The number of hydrogen-bond donors (Lipinski definition) is 1. The lowest BCUT2D eigenvalue weighted by Crippen LogP contribution is -2.46. The fourth-order valence-corrected chi connectivity index (χ4v) is 3.12. The van der Waals surface area contributed by atoms with Gasteiger partial charge in [0.2, 0.25) is 11.9 Å². The zero-order valence-corrected chi connectivity index (χ0v) is 15.3. The van der Waals surface area contributed by atoms with E-state index in [1.807, 2.05) is 0 Å².